The Morgan fingerprint density at radius 1 is 1.00 bits per heavy atom. The van der Waals surface area contributed by atoms with Gasteiger partial charge in [0.05, 0.1) is 17.8 Å². The maximum absolute atomic E-state index is 5.19. The van der Waals surface area contributed by atoms with Gasteiger partial charge in [-0.2, -0.15) is 5.10 Å². The first-order valence-corrected chi connectivity index (χ1v) is 6.98. The van der Waals surface area contributed by atoms with Gasteiger partial charge in [-0.05, 0) is 11.6 Å². The zero-order chi connectivity index (χ0) is 13.1. The van der Waals surface area contributed by atoms with Crippen LogP contribution in [-0.4, -0.2) is 9.78 Å². The highest BCUT2D eigenvalue weighted by Crippen LogP contribution is 2.20. The Morgan fingerprint density at radius 3 is 2.53 bits per heavy atom. The summed E-state index contributed by atoms with van der Waals surface area (Å²) in [6, 6.07) is 18.6. The number of aromatic nitrogens is 2. The molecule has 0 saturated carbocycles. The van der Waals surface area contributed by atoms with Gasteiger partial charge in [0.1, 0.15) is 29.6 Å². The van der Waals surface area contributed by atoms with Gasteiger partial charge in [0.15, 0.2) is 0 Å². The number of benzene rings is 2. The minimum absolute atomic E-state index is 0.531. The summed E-state index contributed by atoms with van der Waals surface area (Å²) < 4.78 is 7.23. The van der Waals surface area contributed by atoms with E-state index < -0.39 is 0 Å². The van der Waals surface area contributed by atoms with E-state index in [9.17, 15) is 0 Å². The van der Waals surface area contributed by atoms with Crippen LogP contribution in [0.2, 0.25) is 0 Å². The molecular weight excluding hydrogens is 351 g/mol. The van der Waals surface area contributed by atoms with Gasteiger partial charge in [-0.3, -0.25) is 4.68 Å². The third-order valence-corrected chi connectivity index (χ3v) is 3.41. The largest absolute Gasteiger partial charge is 0.309 e. The van der Waals surface area contributed by atoms with Crippen molar-refractivity contribution in [2.45, 2.75) is 13.2 Å². The molecule has 0 aliphatic heterocycles. The molecule has 0 fully saturated rings. The van der Waals surface area contributed by atoms with Gasteiger partial charge in [-0.1, -0.05) is 48.5 Å². The van der Waals surface area contributed by atoms with E-state index in [2.05, 4.69) is 41.5 Å². The predicted octanol–water partition coefficient (Wildman–Crippen LogP) is 3.95. The van der Waals surface area contributed by atoms with Crippen molar-refractivity contribution in [2.24, 2.45) is 0 Å². The first-order chi connectivity index (χ1) is 9.38. The molecule has 1 heterocycles. The molecule has 96 valence electrons. The molecule has 3 aromatic rings. The zero-order valence-electron chi connectivity index (χ0n) is 10.3. The molecule has 3 rings (SSSR count). The first-order valence-electron chi connectivity index (χ1n) is 6.10. The van der Waals surface area contributed by atoms with Gasteiger partial charge in [-0.25, -0.2) is 0 Å². The summed E-state index contributed by atoms with van der Waals surface area (Å²) in [5.74, 6) is 0. The van der Waals surface area contributed by atoms with Gasteiger partial charge >= 0.3 is 0 Å². The van der Waals surface area contributed by atoms with E-state index >= 15 is 0 Å². The molecule has 0 unspecified atom stereocenters. The van der Waals surface area contributed by atoms with E-state index in [0.717, 1.165) is 23.1 Å². The number of para-hydroxylation sites is 1. The van der Waals surface area contributed by atoms with Gasteiger partial charge in [0, 0.05) is 5.39 Å². The maximum Gasteiger partial charge on any atom is 0.110 e. The second-order valence-corrected chi connectivity index (χ2v) is 4.98. The van der Waals surface area contributed by atoms with Crippen LogP contribution in [0.25, 0.3) is 10.9 Å². The SMILES string of the molecule is IOCc1nn(Cc2ccccc2)c2ccccc12. The van der Waals surface area contributed by atoms with Gasteiger partial charge < -0.3 is 3.07 Å². The molecule has 0 aliphatic rings. The van der Waals surface area contributed by atoms with Crippen LogP contribution in [0.4, 0.5) is 0 Å². The summed E-state index contributed by atoms with van der Waals surface area (Å²) in [7, 11) is 0. The molecule has 0 radical (unpaired) electrons. The van der Waals surface area contributed by atoms with Gasteiger partial charge in [-0.15, -0.1) is 0 Å². The van der Waals surface area contributed by atoms with Crippen molar-refractivity contribution in [1.82, 2.24) is 9.78 Å². The number of hydrogen-bond acceptors (Lipinski definition) is 2. The van der Waals surface area contributed by atoms with Crippen molar-refractivity contribution in [1.29, 1.82) is 0 Å². The van der Waals surface area contributed by atoms with Crippen LogP contribution in [0.15, 0.2) is 54.6 Å². The zero-order valence-corrected chi connectivity index (χ0v) is 12.4. The fourth-order valence-electron chi connectivity index (χ4n) is 2.23. The molecule has 0 aliphatic carbocycles. The molecule has 0 saturated heterocycles. The van der Waals surface area contributed by atoms with Gasteiger partial charge in [0.2, 0.25) is 0 Å². The Morgan fingerprint density at radius 2 is 1.74 bits per heavy atom. The summed E-state index contributed by atoms with van der Waals surface area (Å²) in [5.41, 5.74) is 3.38. The van der Waals surface area contributed by atoms with Crippen molar-refractivity contribution in [3.8, 4) is 0 Å². The third-order valence-electron chi connectivity index (χ3n) is 3.10. The fourth-order valence-corrected chi connectivity index (χ4v) is 2.53. The minimum Gasteiger partial charge on any atom is -0.309 e. The Balaban J connectivity index is 2.03. The summed E-state index contributed by atoms with van der Waals surface area (Å²) >= 11 is 1.91. The Kier molecular flexibility index (Phi) is 3.79. The lowest BCUT2D eigenvalue weighted by Gasteiger charge is -2.03. The number of hydrogen-bond donors (Lipinski definition) is 0. The molecule has 0 N–H and O–H groups in total. The lowest BCUT2D eigenvalue weighted by Crippen LogP contribution is -2.02. The summed E-state index contributed by atoms with van der Waals surface area (Å²) in [6.45, 7) is 1.31. The number of rotatable bonds is 4. The molecule has 1 aromatic heterocycles. The summed E-state index contributed by atoms with van der Waals surface area (Å²) in [4.78, 5) is 0. The van der Waals surface area contributed by atoms with Crippen LogP contribution >= 0.6 is 23.0 Å². The van der Waals surface area contributed by atoms with E-state index in [1.807, 2.05) is 45.9 Å². The quantitative estimate of drug-likeness (QED) is 0.656. The normalized spacial score (nSPS) is 11.0. The van der Waals surface area contributed by atoms with Crippen LogP contribution in [0.3, 0.4) is 0 Å². The van der Waals surface area contributed by atoms with Crippen molar-refractivity contribution in [3.05, 3.63) is 65.9 Å². The van der Waals surface area contributed by atoms with Gasteiger partial charge in [0.25, 0.3) is 0 Å². The molecule has 2 aromatic carbocycles. The van der Waals surface area contributed by atoms with Crippen LogP contribution in [-0.2, 0) is 16.2 Å². The Bertz CT molecular complexity index is 679. The number of fused-ring (bicyclic) bond motifs is 1. The molecular formula is C15H13IN2O. The highest BCUT2D eigenvalue weighted by atomic mass is 127. The second-order valence-electron chi connectivity index (χ2n) is 4.36. The van der Waals surface area contributed by atoms with Crippen LogP contribution in [0.5, 0.6) is 0 Å². The lowest BCUT2D eigenvalue weighted by molar-refractivity contribution is 0.409. The molecule has 3 nitrogen and oxygen atoms in total. The Hall–Kier alpha value is -1.40. The molecule has 0 spiro atoms. The minimum atomic E-state index is 0.531. The van der Waals surface area contributed by atoms with Crippen molar-refractivity contribution in [2.75, 3.05) is 0 Å². The highest BCUT2D eigenvalue weighted by molar-refractivity contribution is 14.1. The lowest BCUT2D eigenvalue weighted by atomic mass is 10.2. The molecule has 0 atom stereocenters. The smallest absolute Gasteiger partial charge is 0.110 e. The second kappa shape index (κ2) is 5.71. The highest BCUT2D eigenvalue weighted by Gasteiger charge is 2.09. The molecule has 0 bridgehead atoms. The maximum atomic E-state index is 5.19. The van der Waals surface area contributed by atoms with Crippen molar-refractivity contribution < 1.29 is 3.07 Å². The van der Waals surface area contributed by atoms with Crippen LogP contribution in [0, 0.1) is 0 Å². The van der Waals surface area contributed by atoms with E-state index in [4.69, 9.17) is 3.07 Å². The average molecular weight is 364 g/mol. The standard InChI is InChI=1S/C15H13IN2O/c16-19-11-14-13-8-4-5-9-15(13)18(17-14)10-12-6-2-1-3-7-12/h1-9H,10-11H2. The topological polar surface area (TPSA) is 27.1 Å². The molecule has 19 heavy (non-hydrogen) atoms. The average Bonchev–Trinajstić information content (AvgIpc) is 2.79. The molecule has 0 amide bonds. The van der Waals surface area contributed by atoms with Crippen molar-refractivity contribution >= 4 is 33.9 Å². The van der Waals surface area contributed by atoms with Crippen LogP contribution in [0.1, 0.15) is 11.3 Å². The Labute approximate surface area is 125 Å². The third kappa shape index (κ3) is 2.64. The summed E-state index contributed by atoms with van der Waals surface area (Å²) in [6.07, 6.45) is 0. The number of halogens is 1. The molecule has 4 heteroatoms. The van der Waals surface area contributed by atoms with E-state index in [1.165, 1.54) is 5.56 Å². The monoisotopic (exact) mass is 364 g/mol. The van der Waals surface area contributed by atoms with E-state index in [-0.39, 0.29) is 0 Å². The van der Waals surface area contributed by atoms with E-state index in [0.29, 0.717) is 6.61 Å². The van der Waals surface area contributed by atoms with Crippen LogP contribution < -0.4 is 0 Å². The summed E-state index contributed by atoms with van der Waals surface area (Å²) in [5, 5.41) is 5.82. The van der Waals surface area contributed by atoms with E-state index in [1.54, 1.807) is 0 Å². The van der Waals surface area contributed by atoms with Crippen molar-refractivity contribution in [3.63, 3.8) is 0 Å². The predicted molar refractivity (Wildman–Crippen MR) is 84.1 cm³/mol. The first kappa shape index (κ1) is 12.6. The fraction of sp³-hybridized carbons (Fsp3) is 0.133. The number of nitrogens with zero attached hydrogens (tertiary/aromatic N) is 2.